The first kappa shape index (κ1) is 20.6. The van der Waals surface area contributed by atoms with E-state index in [1.54, 1.807) is 12.3 Å². The minimum Gasteiger partial charge on any atom is -0.448 e. The molecule has 0 radical (unpaired) electrons. The second-order valence-electron chi connectivity index (χ2n) is 8.91. The molecule has 3 aromatic rings. The Hall–Kier alpha value is -3.95. The lowest BCUT2D eigenvalue weighted by Gasteiger charge is -2.43. The highest BCUT2D eigenvalue weighted by Gasteiger charge is 2.40. The van der Waals surface area contributed by atoms with E-state index in [2.05, 4.69) is 35.3 Å². The molecule has 168 valence electrons. The molecule has 2 unspecified atom stereocenters. The Kier molecular flexibility index (Phi) is 5.12. The van der Waals surface area contributed by atoms with E-state index in [0.29, 0.717) is 31.8 Å². The number of nitrogens with zero attached hydrogens (tertiary/aromatic N) is 3. The molecule has 1 saturated heterocycles. The van der Waals surface area contributed by atoms with Gasteiger partial charge in [-0.1, -0.05) is 54.6 Å². The molecule has 0 N–H and O–H groups in total. The number of morpholine rings is 1. The number of hydrogen-bond acceptors (Lipinski definition) is 5. The summed E-state index contributed by atoms with van der Waals surface area (Å²) in [6.45, 7) is 1.20. The average Bonchev–Trinajstić information content (AvgIpc) is 3.20. The number of nitriles is 1. The average molecular weight is 450 g/mol. The molecule has 2 aliphatic heterocycles. The highest BCUT2D eigenvalue weighted by Crippen LogP contribution is 2.44. The van der Waals surface area contributed by atoms with Gasteiger partial charge in [0.1, 0.15) is 12.7 Å². The van der Waals surface area contributed by atoms with E-state index >= 15 is 0 Å². The van der Waals surface area contributed by atoms with Gasteiger partial charge in [0, 0.05) is 12.1 Å². The van der Waals surface area contributed by atoms with E-state index in [0.717, 1.165) is 11.3 Å². The number of carbonyl (C=O) groups excluding carboxylic acids is 1. The predicted octanol–water partition coefficient (Wildman–Crippen LogP) is 4.76. The zero-order valence-corrected chi connectivity index (χ0v) is 18.6. The lowest BCUT2D eigenvalue weighted by atomic mass is 9.92. The number of fused-ring (bicyclic) bond motifs is 5. The number of aromatic nitrogens is 1. The van der Waals surface area contributed by atoms with Crippen LogP contribution in [-0.4, -0.2) is 47.9 Å². The molecule has 6 nitrogen and oxygen atoms in total. The maximum atomic E-state index is 13.3. The molecule has 3 aliphatic rings. The Morgan fingerprint density at radius 3 is 2.44 bits per heavy atom. The molecule has 1 aliphatic carbocycles. The molecule has 2 aromatic carbocycles. The highest BCUT2D eigenvalue weighted by atomic mass is 16.6. The van der Waals surface area contributed by atoms with E-state index in [9.17, 15) is 4.79 Å². The largest absolute Gasteiger partial charge is 0.448 e. The Balaban J connectivity index is 1.21. The fourth-order valence-corrected chi connectivity index (χ4v) is 5.39. The molecule has 2 atom stereocenters. The standard InChI is InChI=1S/C28H23N3O3/c29-13-18-9-10-27(30-14-18)19-11-20-15-33-16-21(12-19)31(20)28(32)34-17-26-24-7-3-1-5-22(24)23-6-2-4-8-25(23)26/h1-11,14,20-21,26H,12,15-17H2. The maximum Gasteiger partial charge on any atom is 0.410 e. The summed E-state index contributed by atoms with van der Waals surface area (Å²) < 4.78 is 11.7. The van der Waals surface area contributed by atoms with Gasteiger partial charge >= 0.3 is 6.09 Å². The van der Waals surface area contributed by atoms with Gasteiger partial charge in [-0.15, -0.1) is 0 Å². The summed E-state index contributed by atoms with van der Waals surface area (Å²) >= 11 is 0. The summed E-state index contributed by atoms with van der Waals surface area (Å²) in [5.41, 5.74) is 7.27. The van der Waals surface area contributed by atoms with E-state index in [4.69, 9.17) is 14.7 Å². The lowest BCUT2D eigenvalue weighted by Crippen LogP contribution is -2.56. The van der Waals surface area contributed by atoms with Crippen molar-refractivity contribution in [1.82, 2.24) is 9.88 Å². The van der Waals surface area contributed by atoms with Crippen LogP contribution < -0.4 is 0 Å². The number of hydrogen-bond donors (Lipinski definition) is 0. The summed E-state index contributed by atoms with van der Waals surface area (Å²) in [6.07, 6.45) is 3.97. The SMILES string of the molecule is N#Cc1ccc(C2=CC3COCC(C2)N3C(=O)OCC2c3ccccc3-c3ccccc32)nc1. The Labute approximate surface area is 198 Å². The van der Waals surface area contributed by atoms with Crippen LogP contribution in [0.1, 0.15) is 34.7 Å². The Bertz CT molecular complexity index is 1280. The van der Waals surface area contributed by atoms with Gasteiger partial charge in [-0.25, -0.2) is 4.79 Å². The normalized spacial score (nSPS) is 20.7. The van der Waals surface area contributed by atoms with Crippen molar-refractivity contribution in [2.45, 2.75) is 24.4 Å². The zero-order valence-electron chi connectivity index (χ0n) is 18.6. The van der Waals surface area contributed by atoms with Crippen LogP contribution in [0.3, 0.4) is 0 Å². The molecule has 3 heterocycles. The number of pyridine rings is 1. The molecule has 6 rings (SSSR count). The number of benzene rings is 2. The highest BCUT2D eigenvalue weighted by molar-refractivity contribution is 5.79. The Morgan fingerprint density at radius 1 is 1.06 bits per heavy atom. The molecule has 0 spiro atoms. The van der Waals surface area contributed by atoms with Gasteiger partial charge in [-0.2, -0.15) is 5.26 Å². The third kappa shape index (κ3) is 3.46. The van der Waals surface area contributed by atoms with Crippen molar-refractivity contribution >= 4 is 11.7 Å². The second kappa shape index (κ2) is 8.44. The molecule has 2 bridgehead atoms. The first-order valence-electron chi connectivity index (χ1n) is 11.5. The van der Waals surface area contributed by atoms with Crippen LogP contribution >= 0.6 is 0 Å². The molecule has 0 saturated carbocycles. The number of amides is 1. The molecule has 1 amide bonds. The van der Waals surface area contributed by atoms with Crippen LogP contribution in [-0.2, 0) is 9.47 Å². The van der Waals surface area contributed by atoms with Gasteiger partial charge in [-0.05, 0) is 46.4 Å². The predicted molar refractivity (Wildman–Crippen MR) is 127 cm³/mol. The van der Waals surface area contributed by atoms with Crippen LogP contribution in [0, 0.1) is 11.3 Å². The fourth-order valence-electron chi connectivity index (χ4n) is 5.39. The Morgan fingerprint density at radius 2 is 1.79 bits per heavy atom. The van der Waals surface area contributed by atoms with Crippen molar-refractivity contribution in [2.75, 3.05) is 19.8 Å². The summed E-state index contributed by atoms with van der Waals surface area (Å²) in [5.74, 6) is 0.0335. The van der Waals surface area contributed by atoms with Gasteiger partial charge in [-0.3, -0.25) is 9.88 Å². The van der Waals surface area contributed by atoms with Crippen LogP contribution in [0.15, 0.2) is 72.9 Å². The van der Waals surface area contributed by atoms with Gasteiger partial charge in [0.15, 0.2) is 0 Å². The lowest BCUT2D eigenvalue weighted by molar-refractivity contribution is -0.0331. The quantitative estimate of drug-likeness (QED) is 0.576. The van der Waals surface area contributed by atoms with Crippen LogP contribution in [0.2, 0.25) is 0 Å². The first-order valence-corrected chi connectivity index (χ1v) is 11.5. The molecular weight excluding hydrogens is 426 g/mol. The van der Waals surface area contributed by atoms with Crippen molar-refractivity contribution in [3.8, 4) is 17.2 Å². The first-order chi connectivity index (χ1) is 16.7. The minimum atomic E-state index is -0.303. The van der Waals surface area contributed by atoms with Crippen molar-refractivity contribution in [2.24, 2.45) is 0 Å². The van der Waals surface area contributed by atoms with Crippen molar-refractivity contribution in [1.29, 1.82) is 5.26 Å². The monoisotopic (exact) mass is 449 g/mol. The van der Waals surface area contributed by atoms with Crippen LogP contribution in [0.4, 0.5) is 4.79 Å². The molecule has 6 heteroatoms. The van der Waals surface area contributed by atoms with Crippen molar-refractivity contribution in [3.63, 3.8) is 0 Å². The van der Waals surface area contributed by atoms with E-state index < -0.39 is 0 Å². The van der Waals surface area contributed by atoms with E-state index in [1.807, 2.05) is 41.3 Å². The second-order valence-corrected chi connectivity index (χ2v) is 8.91. The fraction of sp³-hybridized carbons (Fsp3) is 0.250. The molecule has 34 heavy (non-hydrogen) atoms. The van der Waals surface area contributed by atoms with Crippen molar-refractivity contribution in [3.05, 3.63) is 95.3 Å². The van der Waals surface area contributed by atoms with E-state index in [-0.39, 0.29) is 24.1 Å². The van der Waals surface area contributed by atoms with Crippen LogP contribution in [0.25, 0.3) is 16.7 Å². The summed E-state index contributed by atoms with van der Waals surface area (Å²) in [6, 6.07) is 22.1. The summed E-state index contributed by atoms with van der Waals surface area (Å²) in [4.78, 5) is 19.5. The summed E-state index contributed by atoms with van der Waals surface area (Å²) in [5, 5.41) is 9.02. The van der Waals surface area contributed by atoms with Gasteiger partial charge < -0.3 is 9.47 Å². The maximum absolute atomic E-state index is 13.3. The number of carbonyl (C=O) groups is 1. The van der Waals surface area contributed by atoms with E-state index in [1.165, 1.54) is 22.3 Å². The molecule has 1 aromatic heterocycles. The third-order valence-corrected chi connectivity index (χ3v) is 6.97. The number of ether oxygens (including phenoxy) is 2. The summed E-state index contributed by atoms with van der Waals surface area (Å²) in [7, 11) is 0. The zero-order chi connectivity index (χ0) is 23.1. The third-order valence-electron chi connectivity index (χ3n) is 6.97. The van der Waals surface area contributed by atoms with Gasteiger partial charge in [0.25, 0.3) is 0 Å². The smallest absolute Gasteiger partial charge is 0.410 e. The molecule has 1 fully saturated rings. The van der Waals surface area contributed by atoms with Gasteiger partial charge in [0.2, 0.25) is 0 Å². The minimum absolute atomic E-state index is 0.0335. The van der Waals surface area contributed by atoms with Gasteiger partial charge in [0.05, 0.1) is 36.6 Å². The topological polar surface area (TPSA) is 75.5 Å². The van der Waals surface area contributed by atoms with Crippen LogP contribution in [0.5, 0.6) is 0 Å². The van der Waals surface area contributed by atoms with Crippen molar-refractivity contribution < 1.29 is 14.3 Å². The molecular formula is C28H23N3O3. The number of rotatable bonds is 3.